The lowest BCUT2D eigenvalue weighted by Gasteiger charge is -2.12. The summed E-state index contributed by atoms with van der Waals surface area (Å²) in [4.78, 5) is 29.0. The fourth-order valence-corrected chi connectivity index (χ4v) is 3.03. The molecule has 1 aromatic heterocycles. The maximum Gasteiger partial charge on any atom is 0.251 e. The summed E-state index contributed by atoms with van der Waals surface area (Å²) in [5, 5.41) is 5.60. The van der Waals surface area contributed by atoms with Crippen LogP contribution in [0.3, 0.4) is 0 Å². The second kappa shape index (κ2) is 12.2. The maximum absolute atomic E-state index is 12.5. The summed E-state index contributed by atoms with van der Waals surface area (Å²) in [7, 11) is 1.58. The number of rotatable bonds is 10. The summed E-state index contributed by atoms with van der Waals surface area (Å²) in [6, 6.07) is 17.8. The van der Waals surface area contributed by atoms with Crippen LogP contribution < -0.4 is 20.1 Å². The predicted octanol–water partition coefficient (Wildman–Crippen LogP) is 4.71. The lowest BCUT2D eigenvalue weighted by molar-refractivity contribution is -0.111. The number of pyridine rings is 1. The van der Waals surface area contributed by atoms with Crippen LogP contribution in [0.2, 0.25) is 0 Å². The molecular weight excluding hydrogens is 430 g/mol. The smallest absolute Gasteiger partial charge is 0.251 e. The summed E-state index contributed by atoms with van der Waals surface area (Å²) in [5.41, 5.74) is 2.53. The second-order valence-corrected chi connectivity index (χ2v) is 8.02. The number of carbonyl (C=O) groups excluding carboxylic acids is 2. The number of nitrogens with one attached hydrogen (secondary N) is 2. The topological polar surface area (TPSA) is 89.5 Å². The molecule has 0 radical (unpaired) electrons. The fraction of sp³-hybridized carbons (Fsp3) is 0.222. The Morgan fingerprint density at radius 2 is 1.88 bits per heavy atom. The second-order valence-electron chi connectivity index (χ2n) is 8.02. The van der Waals surface area contributed by atoms with Crippen molar-refractivity contribution in [1.82, 2.24) is 10.3 Å². The number of anilines is 1. The molecule has 2 aromatic carbocycles. The fourth-order valence-electron chi connectivity index (χ4n) is 3.03. The highest BCUT2D eigenvalue weighted by atomic mass is 16.5. The number of methoxy groups -OCH3 is 1. The van der Waals surface area contributed by atoms with Gasteiger partial charge in [-0.1, -0.05) is 32.0 Å². The molecule has 0 bridgehead atoms. The molecule has 0 unspecified atom stereocenters. The minimum atomic E-state index is -0.315. The molecule has 0 saturated carbocycles. The Bertz CT molecular complexity index is 1140. The van der Waals surface area contributed by atoms with Crippen LogP contribution in [-0.4, -0.2) is 30.5 Å². The molecule has 0 atom stereocenters. The number of carbonyl (C=O) groups is 2. The molecule has 0 saturated heterocycles. The van der Waals surface area contributed by atoms with Gasteiger partial charge >= 0.3 is 0 Å². The van der Waals surface area contributed by atoms with Gasteiger partial charge in [-0.25, -0.2) is 0 Å². The van der Waals surface area contributed by atoms with Crippen molar-refractivity contribution >= 4 is 23.6 Å². The van der Waals surface area contributed by atoms with Gasteiger partial charge in [0.15, 0.2) is 11.5 Å². The van der Waals surface area contributed by atoms with E-state index in [9.17, 15) is 9.59 Å². The highest BCUT2D eigenvalue weighted by Gasteiger charge is 2.09. The molecule has 34 heavy (non-hydrogen) atoms. The van der Waals surface area contributed by atoms with Crippen LogP contribution in [0.5, 0.6) is 11.5 Å². The van der Waals surface area contributed by atoms with Gasteiger partial charge in [-0.3, -0.25) is 14.6 Å². The van der Waals surface area contributed by atoms with Gasteiger partial charge in [0.05, 0.1) is 26.0 Å². The lowest BCUT2D eigenvalue weighted by Crippen LogP contribution is -2.23. The van der Waals surface area contributed by atoms with E-state index in [2.05, 4.69) is 29.5 Å². The van der Waals surface area contributed by atoms with Gasteiger partial charge in [0.25, 0.3) is 5.91 Å². The first-order valence-corrected chi connectivity index (χ1v) is 11.0. The molecule has 1 heterocycles. The molecule has 0 fully saturated rings. The van der Waals surface area contributed by atoms with E-state index < -0.39 is 0 Å². The summed E-state index contributed by atoms with van der Waals surface area (Å²) in [6.45, 7) is 5.07. The largest absolute Gasteiger partial charge is 0.493 e. The molecule has 3 rings (SSSR count). The average molecular weight is 460 g/mol. The molecule has 176 valence electrons. The maximum atomic E-state index is 12.5. The Morgan fingerprint density at radius 3 is 2.62 bits per heavy atom. The molecule has 7 nitrogen and oxygen atoms in total. The van der Waals surface area contributed by atoms with E-state index in [0.717, 1.165) is 11.3 Å². The van der Waals surface area contributed by atoms with Gasteiger partial charge in [0, 0.05) is 23.5 Å². The van der Waals surface area contributed by atoms with Crippen molar-refractivity contribution < 1.29 is 19.1 Å². The third-order valence-electron chi connectivity index (χ3n) is 4.74. The van der Waals surface area contributed by atoms with Crippen LogP contribution >= 0.6 is 0 Å². The van der Waals surface area contributed by atoms with Crippen molar-refractivity contribution in [3.8, 4) is 11.5 Å². The molecule has 7 heteroatoms. The lowest BCUT2D eigenvalue weighted by atomic mass is 10.1. The first kappa shape index (κ1) is 24.5. The van der Waals surface area contributed by atoms with Gasteiger partial charge in [-0.15, -0.1) is 0 Å². The van der Waals surface area contributed by atoms with Crippen LogP contribution in [0.1, 0.15) is 35.5 Å². The standard InChI is InChI=1S/C27H29N3O4/c1-19(2)18-34-24-12-10-20(15-25(24)33-3)11-13-26(31)30-22-9-6-7-21(16-22)27(32)29-17-23-8-4-5-14-28-23/h4-16,19H,17-18H2,1-3H3,(H,29,32)(H,30,31)/b13-11+. The summed E-state index contributed by atoms with van der Waals surface area (Å²) in [6.07, 6.45) is 4.79. The number of nitrogens with zero attached hydrogens (tertiary/aromatic N) is 1. The van der Waals surface area contributed by atoms with E-state index in [1.807, 2.05) is 36.4 Å². The monoisotopic (exact) mass is 459 g/mol. The van der Waals surface area contributed by atoms with Crippen molar-refractivity contribution in [1.29, 1.82) is 0 Å². The van der Waals surface area contributed by atoms with Crippen molar-refractivity contribution in [2.45, 2.75) is 20.4 Å². The summed E-state index contributed by atoms with van der Waals surface area (Å²) >= 11 is 0. The normalized spacial score (nSPS) is 10.8. The zero-order chi connectivity index (χ0) is 24.3. The molecule has 0 aliphatic heterocycles. The minimum Gasteiger partial charge on any atom is -0.493 e. The Balaban J connectivity index is 1.58. The minimum absolute atomic E-state index is 0.246. The van der Waals surface area contributed by atoms with Gasteiger partial charge in [0.1, 0.15) is 0 Å². The van der Waals surface area contributed by atoms with Gasteiger partial charge in [-0.2, -0.15) is 0 Å². The van der Waals surface area contributed by atoms with E-state index >= 15 is 0 Å². The zero-order valence-electron chi connectivity index (χ0n) is 19.6. The molecule has 0 aliphatic carbocycles. The van der Waals surface area contributed by atoms with Crippen LogP contribution in [0.15, 0.2) is 72.9 Å². The van der Waals surface area contributed by atoms with Crippen molar-refractivity contribution in [2.24, 2.45) is 5.92 Å². The summed E-state index contributed by atoms with van der Waals surface area (Å²) < 4.78 is 11.2. The number of amides is 2. The van der Waals surface area contributed by atoms with E-state index in [-0.39, 0.29) is 11.8 Å². The first-order chi connectivity index (χ1) is 16.4. The number of hydrogen-bond donors (Lipinski definition) is 2. The van der Waals surface area contributed by atoms with Crippen LogP contribution in [0.4, 0.5) is 5.69 Å². The first-order valence-electron chi connectivity index (χ1n) is 11.0. The van der Waals surface area contributed by atoms with Crippen LogP contribution in [0, 0.1) is 5.92 Å². The number of ether oxygens (including phenoxy) is 2. The van der Waals surface area contributed by atoms with E-state index in [1.165, 1.54) is 6.08 Å². The quantitative estimate of drug-likeness (QED) is 0.429. The van der Waals surface area contributed by atoms with Crippen molar-refractivity contribution in [2.75, 3.05) is 19.0 Å². The number of hydrogen-bond acceptors (Lipinski definition) is 5. The number of benzene rings is 2. The highest BCUT2D eigenvalue weighted by Crippen LogP contribution is 2.29. The molecular formula is C27H29N3O4. The Hall–Kier alpha value is -4.13. The van der Waals surface area contributed by atoms with E-state index in [0.29, 0.717) is 41.8 Å². The molecule has 2 amide bonds. The molecule has 0 spiro atoms. The van der Waals surface area contributed by atoms with Crippen LogP contribution in [-0.2, 0) is 11.3 Å². The van der Waals surface area contributed by atoms with Crippen molar-refractivity contribution in [3.63, 3.8) is 0 Å². The zero-order valence-corrected chi connectivity index (χ0v) is 19.6. The summed E-state index contributed by atoms with van der Waals surface area (Å²) in [5.74, 6) is 1.11. The van der Waals surface area contributed by atoms with Crippen molar-refractivity contribution in [3.05, 3.63) is 89.8 Å². The van der Waals surface area contributed by atoms with Gasteiger partial charge < -0.3 is 20.1 Å². The van der Waals surface area contributed by atoms with Gasteiger partial charge in [0.2, 0.25) is 5.91 Å². The van der Waals surface area contributed by atoms with Crippen LogP contribution in [0.25, 0.3) is 6.08 Å². The average Bonchev–Trinajstić information content (AvgIpc) is 2.85. The van der Waals surface area contributed by atoms with E-state index in [1.54, 1.807) is 43.6 Å². The Morgan fingerprint density at radius 1 is 1.03 bits per heavy atom. The number of aromatic nitrogens is 1. The van der Waals surface area contributed by atoms with Gasteiger partial charge in [-0.05, 0) is 60.0 Å². The Labute approximate surface area is 199 Å². The molecule has 2 N–H and O–H groups in total. The SMILES string of the molecule is COc1cc(/C=C/C(=O)Nc2cccc(C(=O)NCc3ccccn3)c2)ccc1OCC(C)C. The highest BCUT2D eigenvalue weighted by molar-refractivity contribution is 6.03. The predicted molar refractivity (Wildman–Crippen MR) is 133 cm³/mol. The third-order valence-corrected chi connectivity index (χ3v) is 4.74. The molecule has 0 aliphatic rings. The molecule has 3 aromatic rings. The third kappa shape index (κ3) is 7.48. The Kier molecular flexibility index (Phi) is 8.80. The van der Waals surface area contributed by atoms with E-state index in [4.69, 9.17) is 9.47 Å².